The topological polar surface area (TPSA) is 174 Å². The van der Waals surface area contributed by atoms with E-state index in [-0.39, 0.29) is 48.8 Å². The molecule has 4 saturated heterocycles. The number of rotatable bonds is 7. The number of pyridine rings is 1. The van der Waals surface area contributed by atoms with Gasteiger partial charge in [0, 0.05) is 107 Å². The van der Waals surface area contributed by atoms with Gasteiger partial charge in [-0.25, -0.2) is 19.2 Å². The zero-order chi connectivity index (χ0) is 41.5. The minimum absolute atomic E-state index is 0.0454. The molecule has 310 valence electrons. The second-order valence-electron chi connectivity index (χ2n) is 16.4. The second-order valence-corrected chi connectivity index (χ2v) is 16.4. The van der Waals surface area contributed by atoms with E-state index in [4.69, 9.17) is 0 Å². The van der Waals surface area contributed by atoms with Gasteiger partial charge in [0.15, 0.2) is 0 Å². The van der Waals surface area contributed by atoms with Gasteiger partial charge < -0.3 is 29.8 Å². The molecule has 0 radical (unpaired) electrons. The van der Waals surface area contributed by atoms with E-state index in [1.54, 1.807) is 29.6 Å². The van der Waals surface area contributed by atoms with Gasteiger partial charge in [0.05, 0.1) is 34.8 Å². The Morgan fingerprint density at radius 3 is 2.43 bits per heavy atom. The number of amides is 5. The lowest BCUT2D eigenvalue weighted by atomic mass is 9.96. The maximum Gasteiger partial charge on any atom is 0.322 e. The first-order valence-corrected chi connectivity index (χ1v) is 20.7. The molecule has 60 heavy (non-hydrogen) atoms. The van der Waals surface area contributed by atoms with E-state index in [0.29, 0.717) is 72.6 Å². The smallest absolute Gasteiger partial charge is 0.322 e. The maximum atomic E-state index is 15.4. The summed E-state index contributed by atoms with van der Waals surface area (Å²) in [6.45, 7) is 9.57. The Kier molecular flexibility index (Phi) is 10.6. The first kappa shape index (κ1) is 39.1. The Balaban J connectivity index is 0.720. The summed E-state index contributed by atoms with van der Waals surface area (Å²) in [4.78, 5) is 76.3. The minimum Gasteiger partial charge on any atom is -0.367 e. The largest absolute Gasteiger partial charge is 0.367 e. The Morgan fingerprint density at radius 2 is 1.70 bits per heavy atom. The van der Waals surface area contributed by atoms with Gasteiger partial charge in [-0.2, -0.15) is 5.26 Å². The van der Waals surface area contributed by atoms with Crippen molar-refractivity contribution < 1.29 is 23.6 Å². The first-order valence-electron chi connectivity index (χ1n) is 20.7. The van der Waals surface area contributed by atoms with Gasteiger partial charge in [-0.1, -0.05) is 0 Å². The summed E-state index contributed by atoms with van der Waals surface area (Å²) >= 11 is 0. The van der Waals surface area contributed by atoms with Crippen molar-refractivity contribution in [2.45, 2.75) is 51.2 Å². The molecule has 0 bridgehead atoms. The Hall–Kier alpha value is -6.41. The van der Waals surface area contributed by atoms with E-state index in [0.717, 1.165) is 56.6 Å². The van der Waals surface area contributed by atoms with Crippen LogP contribution in [-0.2, 0) is 16.1 Å². The number of hydrogen-bond donors (Lipinski definition) is 2. The molecule has 7 heterocycles. The van der Waals surface area contributed by atoms with Crippen LogP contribution in [0.25, 0.3) is 10.9 Å². The summed E-state index contributed by atoms with van der Waals surface area (Å²) in [6, 6.07) is 12.0. The van der Waals surface area contributed by atoms with Crippen LogP contribution in [0.3, 0.4) is 0 Å². The number of piperazine rings is 2. The number of hydrogen-bond acceptors (Lipinski definition) is 12. The molecule has 2 aromatic heterocycles. The Bertz CT molecular complexity index is 2370. The van der Waals surface area contributed by atoms with E-state index >= 15 is 4.39 Å². The monoisotopic (exact) mass is 814 g/mol. The fourth-order valence-electron chi connectivity index (χ4n) is 9.42. The SMILES string of the molecule is C[C@H]1CN(C(=O)Nc2cnc(N3CCC(CN4CCN(c5cc6c(cc5F)C(=O)N([C@H]5CCC(=O)NC5=O)C6)CC4)CC3)nc2)CCN1c1ccc(C#N)c2ncccc12. The van der Waals surface area contributed by atoms with Crippen molar-refractivity contribution in [1.82, 2.24) is 35.0 Å². The third-order valence-corrected chi connectivity index (χ3v) is 12.7. The number of benzene rings is 2. The van der Waals surface area contributed by atoms with Gasteiger partial charge in [-0.05, 0) is 74.1 Å². The summed E-state index contributed by atoms with van der Waals surface area (Å²) in [6.07, 6.45) is 7.46. The van der Waals surface area contributed by atoms with E-state index in [1.807, 2.05) is 29.2 Å². The van der Waals surface area contributed by atoms with Crippen LogP contribution in [0.1, 0.15) is 54.1 Å². The highest BCUT2D eigenvalue weighted by molar-refractivity contribution is 6.05. The summed E-state index contributed by atoms with van der Waals surface area (Å²) < 4.78 is 15.4. The number of aromatic nitrogens is 3. The normalized spacial score (nSPS) is 21.6. The number of nitrogens with one attached hydrogen (secondary N) is 2. The molecular formula is C43H47FN12O4. The van der Waals surface area contributed by atoms with Crippen LogP contribution in [0.4, 0.5) is 32.2 Å². The lowest BCUT2D eigenvalue weighted by Gasteiger charge is -2.41. The molecule has 0 saturated carbocycles. The number of nitriles is 1. The van der Waals surface area contributed by atoms with Crippen molar-refractivity contribution in [1.29, 1.82) is 5.26 Å². The Labute approximate surface area is 346 Å². The van der Waals surface area contributed by atoms with Crippen molar-refractivity contribution in [3.8, 4) is 6.07 Å². The lowest BCUT2D eigenvalue weighted by molar-refractivity contribution is -0.136. The lowest BCUT2D eigenvalue weighted by Crippen LogP contribution is -2.54. The number of nitrogens with zero attached hydrogens (tertiary/aromatic N) is 10. The molecule has 16 nitrogen and oxygen atoms in total. The fourth-order valence-corrected chi connectivity index (χ4v) is 9.42. The summed E-state index contributed by atoms with van der Waals surface area (Å²) in [5, 5.41) is 15.8. The summed E-state index contributed by atoms with van der Waals surface area (Å²) in [7, 11) is 0. The van der Waals surface area contributed by atoms with Gasteiger partial charge >= 0.3 is 6.03 Å². The van der Waals surface area contributed by atoms with Crippen LogP contribution < -0.4 is 25.3 Å². The number of piperidine rings is 2. The molecule has 9 rings (SSSR count). The van der Waals surface area contributed by atoms with Gasteiger partial charge in [0.2, 0.25) is 17.8 Å². The second kappa shape index (κ2) is 16.3. The average molecular weight is 815 g/mol. The highest BCUT2D eigenvalue weighted by Gasteiger charge is 2.40. The summed E-state index contributed by atoms with van der Waals surface area (Å²) in [5.74, 6) is -0.479. The molecule has 5 amide bonds. The van der Waals surface area contributed by atoms with E-state index in [9.17, 15) is 24.4 Å². The van der Waals surface area contributed by atoms with Gasteiger partial charge in [0.25, 0.3) is 5.91 Å². The maximum absolute atomic E-state index is 15.4. The molecule has 17 heteroatoms. The third kappa shape index (κ3) is 7.63. The van der Waals surface area contributed by atoms with Crippen molar-refractivity contribution in [3.63, 3.8) is 0 Å². The van der Waals surface area contributed by atoms with Crippen LogP contribution in [0.5, 0.6) is 0 Å². The van der Waals surface area contributed by atoms with E-state index < -0.39 is 17.8 Å². The van der Waals surface area contributed by atoms with Crippen LogP contribution in [0.15, 0.2) is 55.0 Å². The molecule has 2 N–H and O–H groups in total. The number of imide groups is 1. The summed E-state index contributed by atoms with van der Waals surface area (Å²) in [5.41, 5.74) is 4.23. The number of anilines is 4. The highest BCUT2D eigenvalue weighted by Crippen LogP contribution is 2.34. The zero-order valence-corrected chi connectivity index (χ0v) is 33.5. The van der Waals surface area contributed by atoms with Gasteiger partial charge in [0.1, 0.15) is 17.9 Å². The molecule has 4 aromatic rings. The van der Waals surface area contributed by atoms with Gasteiger partial charge in [-0.3, -0.25) is 29.6 Å². The van der Waals surface area contributed by atoms with Crippen molar-refractivity contribution in [2.75, 3.05) is 85.5 Å². The highest BCUT2D eigenvalue weighted by atomic mass is 19.1. The number of fused-ring (bicyclic) bond motifs is 2. The number of urea groups is 1. The van der Waals surface area contributed by atoms with Crippen LogP contribution >= 0.6 is 0 Å². The van der Waals surface area contributed by atoms with Crippen molar-refractivity contribution in [3.05, 3.63) is 77.5 Å². The van der Waals surface area contributed by atoms with Gasteiger partial charge in [-0.15, -0.1) is 0 Å². The van der Waals surface area contributed by atoms with E-state index in [2.05, 4.69) is 53.3 Å². The number of carbonyl (C=O) groups is 4. The standard InChI is InChI=1S/C43H47FN12O4/c1-27-24-54(17-18-55(27)35-5-4-29(21-45)39-32(35)3-2-10-46-39)43(60)49-31-22-47-42(48-23-31)53-11-8-28(9-12-53)25-51-13-15-52(16-14-51)37-19-30-26-56(41(59)33(30)20-34(37)44)36-6-7-38(57)50-40(36)58/h2-5,10,19-20,22-23,27-28,36H,6-9,11-18,24-26H2,1H3,(H,49,60)(H,50,57,58)/t27-,36-/m0/s1. The molecule has 0 unspecified atom stereocenters. The molecule has 2 aromatic carbocycles. The van der Waals surface area contributed by atoms with Crippen molar-refractivity contribution >= 4 is 57.7 Å². The van der Waals surface area contributed by atoms with E-state index in [1.165, 1.54) is 11.0 Å². The molecule has 5 aliphatic rings. The molecule has 0 aliphatic carbocycles. The third-order valence-electron chi connectivity index (χ3n) is 12.7. The number of carbonyl (C=O) groups excluding carboxylic acids is 4. The molecule has 0 spiro atoms. The first-order chi connectivity index (χ1) is 29.1. The fraction of sp³-hybridized carbons (Fsp3) is 0.442. The zero-order valence-electron chi connectivity index (χ0n) is 33.5. The van der Waals surface area contributed by atoms with Crippen LogP contribution in [0, 0.1) is 23.1 Å². The molecule has 2 atom stereocenters. The van der Waals surface area contributed by atoms with Crippen molar-refractivity contribution in [2.24, 2.45) is 5.92 Å². The molecular weight excluding hydrogens is 768 g/mol. The predicted octanol–water partition coefficient (Wildman–Crippen LogP) is 3.58. The molecule has 5 aliphatic heterocycles. The minimum atomic E-state index is -0.732. The molecule has 4 fully saturated rings. The predicted molar refractivity (Wildman–Crippen MR) is 222 cm³/mol. The number of halogens is 1. The van der Waals surface area contributed by atoms with Crippen LogP contribution in [-0.4, -0.2) is 131 Å². The quantitative estimate of drug-likeness (QED) is 0.260. The Morgan fingerprint density at radius 1 is 0.917 bits per heavy atom. The van der Waals surface area contributed by atoms with Crippen LogP contribution in [0.2, 0.25) is 0 Å². The average Bonchev–Trinajstić information content (AvgIpc) is 3.57.